The van der Waals surface area contributed by atoms with E-state index >= 15 is 0 Å². The van der Waals surface area contributed by atoms with E-state index in [2.05, 4.69) is 13.8 Å². The summed E-state index contributed by atoms with van der Waals surface area (Å²) in [6.45, 7) is 5.12. The van der Waals surface area contributed by atoms with Gasteiger partial charge in [-0.2, -0.15) is 0 Å². The lowest BCUT2D eigenvalue weighted by Gasteiger charge is -2.18. The molecule has 1 nitrogen and oxygen atoms in total. The van der Waals surface area contributed by atoms with Gasteiger partial charge in [-0.05, 0) is 42.9 Å². The normalized spacial score (nSPS) is 13.1. The molecule has 0 saturated heterocycles. The molecule has 1 atom stereocenters. The number of hydrogen-bond donors (Lipinski definition) is 1. The Morgan fingerprint density at radius 2 is 1.94 bits per heavy atom. The SMILES string of the molecule is CC(C)CC(CN)Cc1cccc(Cl)c1Cl. The lowest BCUT2D eigenvalue weighted by molar-refractivity contribution is 0.415. The predicted octanol–water partition coefficient (Wildman–Crippen LogP) is 4.16. The molecule has 3 heteroatoms. The van der Waals surface area contributed by atoms with Gasteiger partial charge in [0.2, 0.25) is 0 Å². The van der Waals surface area contributed by atoms with Crippen molar-refractivity contribution in [1.82, 2.24) is 0 Å². The zero-order valence-corrected chi connectivity index (χ0v) is 11.4. The standard InChI is InChI=1S/C13H19Cl2N/c1-9(2)6-10(8-16)7-11-4-3-5-12(14)13(11)15/h3-5,9-10H,6-8,16H2,1-2H3. The average Bonchev–Trinajstić information content (AvgIpc) is 2.23. The maximum atomic E-state index is 6.16. The van der Waals surface area contributed by atoms with Crippen molar-refractivity contribution in [2.24, 2.45) is 17.6 Å². The van der Waals surface area contributed by atoms with Crippen LogP contribution in [0.2, 0.25) is 10.0 Å². The number of nitrogens with two attached hydrogens (primary N) is 1. The van der Waals surface area contributed by atoms with E-state index in [1.807, 2.05) is 18.2 Å². The van der Waals surface area contributed by atoms with Gasteiger partial charge in [-0.1, -0.05) is 49.2 Å². The minimum Gasteiger partial charge on any atom is -0.330 e. The van der Waals surface area contributed by atoms with E-state index in [9.17, 15) is 0 Å². The molecule has 0 fully saturated rings. The van der Waals surface area contributed by atoms with Gasteiger partial charge >= 0.3 is 0 Å². The van der Waals surface area contributed by atoms with Gasteiger partial charge < -0.3 is 5.73 Å². The molecule has 16 heavy (non-hydrogen) atoms. The topological polar surface area (TPSA) is 26.0 Å². The third kappa shape index (κ3) is 3.97. The van der Waals surface area contributed by atoms with E-state index in [1.165, 1.54) is 0 Å². The van der Waals surface area contributed by atoms with Crippen LogP contribution in [0.3, 0.4) is 0 Å². The molecule has 90 valence electrons. The molecule has 0 amide bonds. The van der Waals surface area contributed by atoms with E-state index in [0.717, 1.165) is 18.4 Å². The number of benzene rings is 1. The summed E-state index contributed by atoms with van der Waals surface area (Å²) < 4.78 is 0. The minimum atomic E-state index is 0.482. The largest absolute Gasteiger partial charge is 0.330 e. The Morgan fingerprint density at radius 3 is 2.50 bits per heavy atom. The molecule has 2 N–H and O–H groups in total. The fourth-order valence-corrected chi connectivity index (χ4v) is 2.34. The van der Waals surface area contributed by atoms with Gasteiger partial charge in [0.15, 0.2) is 0 Å². The molecule has 1 aromatic rings. The van der Waals surface area contributed by atoms with Crippen LogP contribution in [0.15, 0.2) is 18.2 Å². The van der Waals surface area contributed by atoms with Gasteiger partial charge in [0, 0.05) is 0 Å². The Kier molecular flexibility index (Phi) is 5.60. The van der Waals surface area contributed by atoms with Crippen LogP contribution in [0.25, 0.3) is 0 Å². The van der Waals surface area contributed by atoms with Gasteiger partial charge in [-0.25, -0.2) is 0 Å². The average molecular weight is 260 g/mol. The van der Waals surface area contributed by atoms with Crippen LogP contribution in [0.4, 0.5) is 0 Å². The highest BCUT2D eigenvalue weighted by molar-refractivity contribution is 6.42. The fraction of sp³-hybridized carbons (Fsp3) is 0.538. The summed E-state index contributed by atoms with van der Waals surface area (Å²) in [7, 11) is 0. The van der Waals surface area contributed by atoms with Crippen LogP contribution in [0.5, 0.6) is 0 Å². The number of hydrogen-bond acceptors (Lipinski definition) is 1. The first kappa shape index (κ1) is 13.8. The summed E-state index contributed by atoms with van der Waals surface area (Å²) in [5.74, 6) is 1.14. The second kappa shape index (κ2) is 6.48. The van der Waals surface area contributed by atoms with Gasteiger partial charge in [-0.15, -0.1) is 0 Å². The van der Waals surface area contributed by atoms with Crippen LogP contribution in [0, 0.1) is 11.8 Å². The molecule has 0 aliphatic heterocycles. The first-order chi connectivity index (χ1) is 7.54. The second-order valence-electron chi connectivity index (χ2n) is 4.65. The van der Waals surface area contributed by atoms with E-state index in [1.54, 1.807) is 0 Å². The van der Waals surface area contributed by atoms with Crippen molar-refractivity contribution in [3.05, 3.63) is 33.8 Å². The molecule has 0 radical (unpaired) electrons. The lowest BCUT2D eigenvalue weighted by atomic mass is 9.91. The van der Waals surface area contributed by atoms with Gasteiger partial charge in [0.05, 0.1) is 10.0 Å². The highest BCUT2D eigenvalue weighted by atomic mass is 35.5. The van der Waals surface area contributed by atoms with Gasteiger partial charge in [0.25, 0.3) is 0 Å². The maximum absolute atomic E-state index is 6.16. The van der Waals surface area contributed by atoms with Crippen molar-refractivity contribution >= 4 is 23.2 Å². The molecule has 1 aromatic carbocycles. The fourth-order valence-electron chi connectivity index (χ4n) is 1.95. The summed E-state index contributed by atoms with van der Waals surface area (Å²) in [4.78, 5) is 0. The van der Waals surface area contributed by atoms with Gasteiger partial charge in [0.1, 0.15) is 0 Å². The quantitative estimate of drug-likeness (QED) is 0.845. The highest BCUT2D eigenvalue weighted by Gasteiger charge is 2.13. The molecular weight excluding hydrogens is 241 g/mol. The predicted molar refractivity (Wildman–Crippen MR) is 72.2 cm³/mol. The molecule has 1 rings (SSSR count). The van der Waals surface area contributed by atoms with Crippen LogP contribution in [0.1, 0.15) is 25.8 Å². The summed E-state index contributed by atoms with van der Waals surface area (Å²) in [5, 5.41) is 1.30. The monoisotopic (exact) mass is 259 g/mol. The van der Waals surface area contributed by atoms with Crippen LogP contribution in [-0.2, 0) is 6.42 Å². The Morgan fingerprint density at radius 1 is 1.25 bits per heavy atom. The highest BCUT2D eigenvalue weighted by Crippen LogP contribution is 2.28. The van der Waals surface area contributed by atoms with E-state index in [-0.39, 0.29) is 0 Å². The Balaban J connectivity index is 2.74. The summed E-state index contributed by atoms with van der Waals surface area (Å²) >= 11 is 12.1. The lowest BCUT2D eigenvalue weighted by Crippen LogP contribution is -2.19. The van der Waals surface area contributed by atoms with E-state index in [4.69, 9.17) is 28.9 Å². The van der Waals surface area contributed by atoms with Crippen molar-refractivity contribution in [3.63, 3.8) is 0 Å². The van der Waals surface area contributed by atoms with Crippen molar-refractivity contribution in [3.8, 4) is 0 Å². The van der Waals surface area contributed by atoms with Crippen LogP contribution in [-0.4, -0.2) is 6.54 Å². The zero-order valence-electron chi connectivity index (χ0n) is 9.84. The third-order valence-corrected chi connectivity index (χ3v) is 3.54. The zero-order chi connectivity index (χ0) is 12.1. The van der Waals surface area contributed by atoms with Crippen molar-refractivity contribution in [1.29, 1.82) is 0 Å². The number of rotatable bonds is 5. The molecule has 0 bridgehead atoms. The molecular formula is C13H19Cl2N. The Bertz CT molecular complexity index is 337. The van der Waals surface area contributed by atoms with Crippen LogP contribution < -0.4 is 5.73 Å². The maximum Gasteiger partial charge on any atom is 0.0624 e. The summed E-state index contributed by atoms with van der Waals surface area (Å²) in [6, 6.07) is 5.77. The Labute approximate surface area is 108 Å². The van der Waals surface area contributed by atoms with Crippen molar-refractivity contribution < 1.29 is 0 Å². The van der Waals surface area contributed by atoms with E-state index in [0.29, 0.717) is 28.4 Å². The second-order valence-corrected chi connectivity index (χ2v) is 5.43. The molecule has 0 saturated carbocycles. The first-order valence-electron chi connectivity index (χ1n) is 5.67. The molecule has 0 spiro atoms. The number of halogens is 2. The molecule has 0 aliphatic rings. The summed E-state index contributed by atoms with van der Waals surface area (Å²) in [5.41, 5.74) is 6.88. The van der Waals surface area contributed by atoms with Crippen molar-refractivity contribution in [2.45, 2.75) is 26.7 Å². The molecule has 0 aromatic heterocycles. The molecule has 0 heterocycles. The van der Waals surface area contributed by atoms with E-state index < -0.39 is 0 Å². The van der Waals surface area contributed by atoms with Crippen LogP contribution >= 0.6 is 23.2 Å². The first-order valence-corrected chi connectivity index (χ1v) is 6.43. The minimum absolute atomic E-state index is 0.482. The van der Waals surface area contributed by atoms with Gasteiger partial charge in [-0.3, -0.25) is 0 Å². The molecule has 1 unspecified atom stereocenters. The third-order valence-electron chi connectivity index (χ3n) is 2.68. The van der Waals surface area contributed by atoms with Crippen molar-refractivity contribution in [2.75, 3.05) is 6.54 Å². The Hall–Kier alpha value is -0.240. The summed E-state index contributed by atoms with van der Waals surface area (Å²) in [6.07, 6.45) is 2.04. The smallest absolute Gasteiger partial charge is 0.0624 e. The molecule has 0 aliphatic carbocycles.